The third-order valence-corrected chi connectivity index (χ3v) is 4.21. The monoisotopic (exact) mass is 393 g/mol. The molecule has 1 aliphatic heterocycles. The van der Waals surface area contributed by atoms with E-state index in [0.717, 1.165) is 17.7 Å². The van der Waals surface area contributed by atoms with Gasteiger partial charge in [-0.25, -0.2) is 4.79 Å². The highest BCUT2D eigenvalue weighted by Gasteiger charge is 2.31. The van der Waals surface area contributed by atoms with Crippen LogP contribution in [0.5, 0.6) is 5.75 Å². The molecule has 1 atom stereocenters. The van der Waals surface area contributed by atoms with Crippen LogP contribution < -0.4 is 15.4 Å². The summed E-state index contributed by atoms with van der Waals surface area (Å²) in [6.45, 7) is 0.611. The lowest BCUT2D eigenvalue weighted by Gasteiger charge is -2.29. The number of carbonyl (C=O) groups excluding carboxylic acids is 2. The van der Waals surface area contributed by atoms with Gasteiger partial charge in [-0.15, -0.1) is 13.2 Å². The van der Waals surface area contributed by atoms with Crippen LogP contribution in [0.4, 0.5) is 23.7 Å². The second-order valence-corrected chi connectivity index (χ2v) is 6.18. The molecule has 2 aromatic rings. The van der Waals surface area contributed by atoms with Crippen LogP contribution in [0.2, 0.25) is 0 Å². The minimum atomic E-state index is -4.78. The van der Waals surface area contributed by atoms with Crippen molar-refractivity contribution in [2.24, 2.45) is 0 Å². The van der Waals surface area contributed by atoms with E-state index >= 15 is 0 Å². The van der Waals surface area contributed by atoms with Gasteiger partial charge in [-0.05, 0) is 29.8 Å². The fraction of sp³-hybridized carbons (Fsp3) is 0.263. The molecule has 0 spiro atoms. The van der Waals surface area contributed by atoms with Crippen molar-refractivity contribution >= 4 is 17.6 Å². The SMILES string of the molecule is O=C1C[C@H](c2ccccc2)N(C(=O)Nc2ccc(OC(F)(F)F)cc2)CCN1. The minimum Gasteiger partial charge on any atom is -0.406 e. The normalized spacial score (nSPS) is 17.5. The lowest BCUT2D eigenvalue weighted by molar-refractivity contribution is -0.274. The third-order valence-electron chi connectivity index (χ3n) is 4.21. The molecule has 1 aliphatic rings. The van der Waals surface area contributed by atoms with E-state index in [9.17, 15) is 22.8 Å². The minimum absolute atomic E-state index is 0.121. The van der Waals surface area contributed by atoms with Gasteiger partial charge in [0, 0.05) is 18.8 Å². The van der Waals surface area contributed by atoms with Crippen molar-refractivity contribution in [2.45, 2.75) is 18.8 Å². The van der Waals surface area contributed by atoms with Crippen molar-refractivity contribution in [1.82, 2.24) is 10.2 Å². The van der Waals surface area contributed by atoms with Gasteiger partial charge in [0.25, 0.3) is 0 Å². The average molecular weight is 393 g/mol. The van der Waals surface area contributed by atoms with Crippen LogP contribution in [0.1, 0.15) is 18.0 Å². The summed E-state index contributed by atoms with van der Waals surface area (Å²) < 4.78 is 40.5. The van der Waals surface area contributed by atoms with Crippen molar-refractivity contribution in [3.05, 3.63) is 60.2 Å². The first-order valence-corrected chi connectivity index (χ1v) is 8.57. The summed E-state index contributed by atoms with van der Waals surface area (Å²) in [4.78, 5) is 26.3. The maximum Gasteiger partial charge on any atom is 0.573 e. The zero-order valence-electron chi connectivity index (χ0n) is 14.7. The van der Waals surface area contributed by atoms with Crippen molar-refractivity contribution in [3.63, 3.8) is 0 Å². The summed E-state index contributed by atoms with van der Waals surface area (Å²) in [6.07, 6.45) is -4.66. The molecule has 0 saturated carbocycles. The van der Waals surface area contributed by atoms with Crippen molar-refractivity contribution in [2.75, 3.05) is 18.4 Å². The van der Waals surface area contributed by atoms with Crippen molar-refractivity contribution in [3.8, 4) is 5.75 Å². The number of ether oxygens (including phenoxy) is 1. The highest BCUT2D eigenvalue weighted by atomic mass is 19.4. The zero-order valence-corrected chi connectivity index (χ0v) is 14.7. The molecule has 3 amide bonds. The number of rotatable bonds is 3. The summed E-state index contributed by atoms with van der Waals surface area (Å²) >= 11 is 0. The molecule has 2 N–H and O–H groups in total. The van der Waals surface area contributed by atoms with Crippen LogP contribution in [0.15, 0.2) is 54.6 Å². The van der Waals surface area contributed by atoms with Crippen LogP contribution in [0.3, 0.4) is 0 Å². The molecule has 28 heavy (non-hydrogen) atoms. The Hall–Kier alpha value is -3.23. The van der Waals surface area contributed by atoms with Crippen LogP contribution in [-0.4, -0.2) is 36.3 Å². The van der Waals surface area contributed by atoms with Crippen molar-refractivity contribution in [1.29, 1.82) is 0 Å². The molecule has 9 heteroatoms. The maximum absolute atomic E-state index is 12.8. The van der Waals surface area contributed by atoms with Crippen LogP contribution in [-0.2, 0) is 4.79 Å². The molecule has 148 valence electrons. The highest BCUT2D eigenvalue weighted by molar-refractivity contribution is 5.90. The van der Waals surface area contributed by atoms with Crippen molar-refractivity contribution < 1.29 is 27.5 Å². The molecule has 2 aromatic carbocycles. The van der Waals surface area contributed by atoms with Crippen LogP contribution >= 0.6 is 0 Å². The first-order valence-electron chi connectivity index (χ1n) is 8.57. The zero-order chi connectivity index (χ0) is 20.1. The van der Waals surface area contributed by atoms with E-state index in [1.807, 2.05) is 30.3 Å². The van der Waals surface area contributed by atoms with E-state index in [4.69, 9.17) is 0 Å². The summed E-state index contributed by atoms with van der Waals surface area (Å²) in [5.74, 6) is -0.532. The fourth-order valence-electron chi connectivity index (χ4n) is 2.98. The Labute approximate surface area is 159 Å². The van der Waals surface area contributed by atoms with Gasteiger partial charge >= 0.3 is 12.4 Å². The second kappa shape index (κ2) is 8.20. The van der Waals surface area contributed by atoms with Gasteiger partial charge in [-0.2, -0.15) is 0 Å². The quantitative estimate of drug-likeness (QED) is 0.836. The Morgan fingerprint density at radius 1 is 1.11 bits per heavy atom. The predicted molar refractivity (Wildman–Crippen MR) is 95.7 cm³/mol. The molecule has 1 saturated heterocycles. The number of benzene rings is 2. The largest absolute Gasteiger partial charge is 0.573 e. The van der Waals surface area contributed by atoms with E-state index in [1.54, 1.807) is 0 Å². The van der Waals surface area contributed by atoms with Gasteiger partial charge in [0.1, 0.15) is 5.75 Å². The number of anilines is 1. The maximum atomic E-state index is 12.8. The number of nitrogens with one attached hydrogen (secondary N) is 2. The standard InChI is InChI=1S/C19H18F3N3O3/c20-19(21,22)28-15-8-6-14(7-9-15)24-18(27)25-11-10-23-17(26)12-16(25)13-4-2-1-3-5-13/h1-9,16H,10-12H2,(H,23,26)(H,24,27)/t16-/m1/s1. The molecule has 1 fully saturated rings. The van der Waals surface area contributed by atoms with Gasteiger partial charge in [0.2, 0.25) is 5.91 Å². The fourth-order valence-corrected chi connectivity index (χ4v) is 2.98. The number of nitrogens with zero attached hydrogens (tertiary/aromatic N) is 1. The number of carbonyl (C=O) groups is 2. The molecule has 6 nitrogen and oxygen atoms in total. The van der Waals surface area contributed by atoms with Gasteiger partial charge in [0.05, 0.1) is 12.5 Å². The lowest BCUT2D eigenvalue weighted by atomic mass is 10.0. The Morgan fingerprint density at radius 3 is 2.43 bits per heavy atom. The van der Waals surface area contributed by atoms with Gasteiger partial charge < -0.3 is 20.3 Å². The number of amides is 3. The molecule has 1 heterocycles. The van der Waals surface area contributed by atoms with E-state index in [0.29, 0.717) is 18.8 Å². The molecule has 0 aliphatic carbocycles. The number of halogens is 3. The molecular formula is C19H18F3N3O3. The lowest BCUT2D eigenvalue weighted by Crippen LogP contribution is -2.39. The number of hydrogen-bond donors (Lipinski definition) is 2. The first-order chi connectivity index (χ1) is 13.3. The predicted octanol–water partition coefficient (Wildman–Crippen LogP) is 3.68. The van der Waals surface area contributed by atoms with Crippen LogP contribution in [0.25, 0.3) is 0 Å². The molecule has 3 rings (SSSR count). The smallest absolute Gasteiger partial charge is 0.406 e. The molecule has 0 radical (unpaired) electrons. The molecule has 0 unspecified atom stereocenters. The Balaban J connectivity index is 1.74. The van der Waals surface area contributed by atoms with E-state index in [1.165, 1.54) is 17.0 Å². The van der Waals surface area contributed by atoms with Gasteiger partial charge in [-0.1, -0.05) is 30.3 Å². The summed E-state index contributed by atoms with van der Waals surface area (Å²) in [6, 6.07) is 13.1. The summed E-state index contributed by atoms with van der Waals surface area (Å²) in [5, 5.41) is 5.39. The number of alkyl halides is 3. The summed E-state index contributed by atoms with van der Waals surface area (Å²) in [5.41, 5.74) is 1.14. The molecular weight excluding hydrogens is 375 g/mol. The van der Waals surface area contributed by atoms with E-state index in [-0.39, 0.29) is 18.1 Å². The van der Waals surface area contributed by atoms with Gasteiger partial charge in [0.15, 0.2) is 0 Å². The number of urea groups is 1. The Bertz CT molecular complexity index is 826. The number of hydrogen-bond acceptors (Lipinski definition) is 3. The highest BCUT2D eigenvalue weighted by Crippen LogP contribution is 2.27. The second-order valence-electron chi connectivity index (χ2n) is 6.18. The summed E-state index contributed by atoms with van der Waals surface area (Å²) in [7, 11) is 0. The Morgan fingerprint density at radius 2 is 1.79 bits per heavy atom. The van der Waals surface area contributed by atoms with Gasteiger partial charge in [-0.3, -0.25) is 4.79 Å². The van der Waals surface area contributed by atoms with E-state index in [2.05, 4.69) is 15.4 Å². The first kappa shape index (κ1) is 19.5. The molecule has 0 aromatic heterocycles. The Kier molecular flexibility index (Phi) is 5.72. The molecule has 0 bridgehead atoms. The van der Waals surface area contributed by atoms with Crippen LogP contribution in [0, 0.1) is 0 Å². The van der Waals surface area contributed by atoms with E-state index < -0.39 is 18.4 Å². The third kappa shape index (κ3) is 5.15. The average Bonchev–Trinajstić information content (AvgIpc) is 2.84. The topological polar surface area (TPSA) is 70.7 Å².